The fourth-order valence-electron chi connectivity index (χ4n) is 2.57. The molecular formula is C17H26N4O2. The summed E-state index contributed by atoms with van der Waals surface area (Å²) in [5.41, 5.74) is 0.826. The molecule has 1 aromatic heterocycles. The van der Waals surface area contributed by atoms with E-state index < -0.39 is 0 Å². The molecule has 0 unspecified atom stereocenters. The number of pyridine rings is 1. The van der Waals surface area contributed by atoms with Crippen LogP contribution in [0.2, 0.25) is 0 Å². The van der Waals surface area contributed by atoms with E-state index >= 15 is 0 Å². The highest BCUT2D eigenvalue weighted by molar-refractivity contribution is 5.98. The molecule has 1 N–H and O–H groups in total. The van der Waals surface area contributed by atoms with Crippen LogP contribution in [0.4, 0.5) is 0 Å². The van der Waals surface area contributed by atoms with Crippen LogP contribution in [0.25, 0.3) is 0 Å². The van der Waals surface area contributed by atoms with Crippen molar-refractivity contribution in [3.63, 3.8) is 0 Å². The van der Waals surface area contributed by atoms with E-state index in [0.29, 0.717) is 23.7 Å². The molecule has 1 aromatic rings. The lowest BCUT2D eigenvalue weighted by molar-refractivity contribution is 0.0697. The molecule has 126 valence electrons. The molecule has 2 heterocycles. The first kappa shape index (κ1) is 17.4. The Morgan fingerprint density at radius 1 is 1.35 bits per heavy atom. The van der Waals surface area contributed by atoms with Crippen LogP contribution >= 0.6 is 0 Å². The molecule has 1 aliphatic heterocycles. The van der Waals surface area contributed by atoms with E-state index in [4.69, 9.17) is 0 Å². The van der Waals surface area contributed by atoms with Crippen molar-refractivity contribution >= 4 is 11.8 Å². The number of hydrogen-bond acceptors (Lipinski definition) is 4. The van der Waals surface area contributed by atoms with E-state index in [1.165, 1.54) is 6.20 Å². The van der Waals surface area contributed by atoms with Crippen LogP contribution < -0.4 is 5.32 Å². The van der Waals surface area contributed by atoms with Crippen LogP contribution in [0.1, 0.15) is 40.6 Å². The topological polar surface area (TPSA) is 65.5 Å². The lowest BCUT2D eigenvalue weighted by Crippen LogP contribution is -2.38. The normalized spacial score (nSPS) is 15.7. The molecule has 6 nitrogen and oxygen atoms in total. The van der Waals surface area contributed by atoms with Gasteiger partial charge in [0.15, 0.2) is 0 Å². The fraction of sp³-hybridized carbons (Fsp3) is 0.588. The Kier molecular flexibility index (Phi) is 6.10. The minimum absolute atomic E-state index is 0.0124. The van der Waals surface area contributed by atoms with E-state index in [2.05, 4.69) is 17.2 Å². The van der Waals surface area contributed by atoms with Gasteiger partial charge in [-0.15, -0.1) is 0 Å². The van der Waals surface area contributed by atoms with Crippen molar-refractivity contribution < 1.29 is 9.59 Å². The van der Waals surface area contributed by atoms with E-state index in [1.54, 1.807) is 12.1 Å². The summed E-state index contributed by atoms with van der Waals surface area (Å²) in [6.07, 6.45) is 3.60. The van der Waals surface area contributed by atoms with Crippen LogP contribution in [0.5, 0.6) is 0 Å². The summed E-state index contributed by atoms with van der Waals surface area (Å²) in [6.45, 7) is 5.09. The molecular weight excluding hydrogens is 292 g/mol. The number of aromatic nitrogens is 1. The van der Waals surface area contributed by atoms with Gasteiger partial charge in [-0.05, 0) is 45.0 Å². The predicted molar refractivity (Wildman–Crippen MR) is 89.4 cm³/mol. The van der Waals surface area contributed by atoms with Crippen molar-refractivity contribution in [1.82, 2.24) is 20.1 Å². The van der Waals surface area contributed by atoms with Gasteiger partial charge < -0.3 is 15.1 Å². The second kappa shape index (κ2) is 8.06. The van der Waals surface area contributed by atoms with Gasteiger partial charge in [-0.1, -0.05) is 6.92 Å². The molecule has 0 bridgehead atoms. The van der Waals surface area contributed by atoms with E-state index in [-0.39, 0.29) is 11.8 Å². The molecule has 0 atom stereocenters. The van der Waals surface area contributed by atoms with Crippen LogP contribution in [-0.2, 0) is 0 Å². The first-order valence-corrected chi connectivity index (χ1v) is 8.15. The first-order chi connectivity index (χ1) is 11.0. The van der Waals surface area contributed by atoms with Gasteiger partial charge in [0.2, 0.25) is 0 Å². The molecule has 0 saturated carbocycles. The minimum Gasteiger partial charge on any atom is -0.349 e. The van der Waals surface area contributed by atoms with Crippen LogP contribution in [0.15, 0.2) is 18.3 Å². The zero-order valence-corrected chi connectivity index (χ0v) is 14.2. The van der Waals surface area contributed by atoms with Crippen LogP contribution in [0, 0.1) is 5.92 Å². The average molecular weight is 318 g/mol. The second-order valence-corrected chi connectivity index (χ2v) is 6.46. The number of likely N-dealkylation sites (N-methyl/N-ethyl adjacent to an activating group) is 1. The van der Waals surface area contributed by atoms with Gasteiger partial charge in [0.1, 0.15) is 5.69 Å². The number of piperidine rings is 1. The molecule has 23 heavy (non-hydrogen) atoms. The number of nitrogens with one attached hydrogen (secondary N) is 1. The third-order valence-electron chi connectivity index (χ3n) is 4.15. The molecule has 1 saturated heterocycles. The maximum atomic E-state index is 12.5. The van der Waals surface area contributed by atoms with Crippen molar-refractivity contribution in [1.29, 1.82) is 0 Å². The third kappa shape index (κ3) is 5.03. The number of carbonyl (C=O) groups is 2. The Bertz CT molecular complexity index is 551. The molecule has 0 radical (unpaired) electrons. The number of hydrogen-bond donors (Lipinski definition) is 1. The highest BCUT2D eigenvalue weighted by Crippen LogP contribution is 2.18. The summed E-state index contributed by atoms with van der Waals surface area (Å²) < 4.78 is 0. The average Bonchev–Trinajstić information content (AvgIpc) is 2.54. The zero-order valence-electron chi connectivity index (χ0n) is 14.2. The fourth-order valence-corrected chi connectivity index (χ4v) is 2.57. The minimum atomic E-state index is -0.242. The molecule has 0 aromatic carbocycles. The second-order valence-electron chi connectivity index (χ2n) is 6.46. The molecule has 2 amide bonds. The highest BCUT2D eigenvalue weighted by Gasteiger charge is 2.22. The summed E-state index contributed by atoms with van der Waals surface area (Å²) in [4.78, 5) is 32.6. The summed E-state index contributed by atoms with van der Waals surface area (Å²) in [5, 5.41) is 2.81. The Morgan fingerprint density at radius 3 is 2.70 bits per heavy atom. The van der Waals surface area contributed by atoms with Crippen molar-refractivity contribution in [3.8, 4) is 0 Å². The largest absolute Gasteiger partial charge is 0.349 e. The molecule has 0 aliphatic carbocycles. The van der Waals surface area contributed by atoms with Crippen molar-refractivity contribution in [2.24, 2.45) is 5.92 Å². The first-order valence-electron chi connectivity index (χ1n) is 8.15. The number of likely N-dealkylation sites (tertiary alicyclic amines) is 1. The Hall–Kier alpha value is -1.95. The van der Waals surface area contributed by atoms with Crippen LogP contribution in [-0.4, -0.2) is 66.9 Å². The predicted octanol–water partition coefficient (Wildman–Crippen LogP) is 1.25. The number of rotatable bonds is 5. The summed E-state index contributed by atoms with van der Waals surface area (Å²) in [5.74, 6) is 0.421. The lowest BCUT2D eigenvalue weighted by atomic mass is 9.98. The molecule has 1 fully saturated rings. The van der Waals surface area contributed by atoms with E-state index in [0.717, 1.165) is 32.5 Å². The quantitative estimate of drug-likeness (QED) is 0.887. The van der Waals surface area contributed by atoms with Gasteiger partial charge in [-0.3, -0.25) is 14.6 Å². The number of amides is 2. The van der Waals surface area contributed by atoms with Gasteiger partial charge in [0.05, 0.1) is 0 Å². The number of carbonyl (C=O) groups excluding carboxylic acids is 2. The van der Waals surface area contributed by atoms with E-state index in [9.17, 15) is 9.59 Å². The Morgan fingerprint density at radius 2 is 2.04 bits per heavy atom. The lowest BCUT2D eigenvalue weighted by Gasteiger charge is -2.30. The molecule has 0 spiro atoms. The Balaban J connectivity index is 1.98. The van der Waals surface area contributed by atoms with Crippen molar-refractivity contribution in [2.75, 3.05) is 40.3 Å². The summed E-state index contributed by atoms with van der Waals surface area (Å²) in [7, 11) is 3.90. The summed E-state index contributed by atoms with van der Waals surface area (Å²) >= 11 is 0. The SMILES string of the molecule is CC1CCN(C(=O)c2ccnc(C(=O)NCCN(C)C)c2)CC1. The highest BCUT2D eigenvalue weighted by atomic mass is 16.2. The maximum Gasteiger partial charge on any atom is 0.269 e. The van der Waals surface area contributed by atoms with Crippen LogP contribution in [0.3, 0.4) is 0 Å². The molecule has 1 aliphatic rings. The van der Waals surface area contributed by atoms with Crippen molar-refractivity contribution in [2.45, 2.75) is 19.8 Å². The summed E-state index contributed by atoms with van der Waals surface area (Å²) in [6, 6.07) is 3.27. The van der Waals surface area contributed by atoms with Gasteiger partial charge in [0, 0.05) is 37.9 Å². The maximum absolute atomic E-state index is 12.5. The monoisotopic (exact) mass is 318 g/mol. The van der Waals surface area contributed by atoms with Gasteiger partial charge in [0.25, 0.3) is 11.8 Å². The Labute approximate surface area is 137 Å². The molecule has 2 rings (SSSR count). The van der Waals surface area contributed by atoms with E-state index in [1.807, 2.05) is 23.9 Å². The van der Waals surface area contributed by atoms with Gasteiger partial charge in [-0.25, -0.2) is 0 Å². The van der Waals surface area contributed by atoms with Crippen molar-refractivity contribution in [3.05, 3.63) is 29.6 Å². The number of nitrogens with zero attached hydrogens (tertiary/aromatic N) is 3. The smallest absolute Gasteiger partial charge is 0.269 e. The standard InChI is InChI=1S/C17H26N4O2/c1-13-5-9-21(10-6-13)17(23)14-4-7-18-15(12-14)16(22)19-8-11-20(2)3/h4,7,12-13H,5-6,8-11H2,1-3H3,(H,19,22). The third-order valence-corrected chi connectivity index (χ3v) is 4.15. The molecule has 6 heteroatoms. The van der Waals surface area contributed by atoms with Gasteiger partial charge in [-0.2, -0.15) is 0 Å². The zero-order chi connectivity index (χ0) is 16.8. The van der Waals surface area contributed by atoms with Gasteiger partial charge >= 0.3 is 0 Å².